The fourth-order valence-corrected chi connectivity index (χ4v) is 4.10. The highest BCUT2D eigenvalue weighted by Crippen LogP contribution is 2.28. The molecule has 2 amide bonds. The molecule has 2 aromatic rings. The second kappa shape index (κ2) is 10.2. The summed E-state index contributed by atoms with van der Waals surface area (Å²) in [7, 11) is 0. The average molecular weight is 450 g/mol. The van der Waals surface area contributed by atoms with Gasteiger partial charge in [-0.3, -0.25) is 14.6 Å². The molecule has 3 heterocycles. The third kappa shape index (κ3) is 5.19. The van der Waals surface area contributed by atoms with Crippen LogP contribution in [0.4, 0.5) is 11.5 Å². The van der Waals surface area contributed by atoms with Crippen molar-refractivity contribution in [2.75, 3.05) is 30.0 Å². The number of piperidine rings is 1. The van der Waals surface area contributed by atoms with E-state index >= 15 is 0 Å². The Hall–Kier alpha value is -3.75. The van der Waals surface area contributed by atoms with Gasteiger partial charge in [0.2, 0.25) is 11.8 Å². The maximum absolute atomic E-state index is 13.4. The molecular formula is C24H27N5O4. The van der Waals surface area contributed by atoms with Crippen LogP contribution in [0, 0.1) is 5.92 Å². The van der Waals surface area contributed by atoms with E-state index < -0.39 is 12.0 Å². The van der Waals surface area contributed by atoms with Gasteiger partial charge in [0.1, 0.15) is 17.6 Å². The second-order valence-corrected chi connectivity index (χ2v) is 7.97. The fraction of sp³-hybridized carbons (Fsp3) is 0.375. The predicted molar refractivity (Wildman–Crippen MR) is 124 cm³/mol. The molecule has 1 N–H and O–H groups in total. The van der Waals surface area contributed by atoms with Gasteiger partial charge in [0.15, 0.2) is 0 Å². The zero-order valence-electron chi connectivity index (χ0n) is 18.5. The van der Waals surface area contributed by atoms with Gasteiger partial charge in [-0.2, -0.15) is 5.10 Å². The van der Waals surface area contributed by atoms with Crippen LogP contribution in [-0.4, -0.2) is 59.1 Å². The van der Waals surface area contributed by atoms with E-state index in [9.17, 15) is 14.4 Å². The summed E-state index contributed by atoms with van der Waals surface area (Å²) in [5.41, 5.74) is 0.975. The summed E-state index contributed by atoms with van der Waals surface area (Å²) < 4.78 is 5.10. The number of ether oxygens (including phenoxy) is 1. The number of hydrazone groups is 1. The normalized spacial score (nSPS) is 18.6. The molecule has 2 aliphatic rings. The SMILES string of the molecule is CCOC(=O)C1=NN(c2ccccc2)C(C(=O)N2CCC(C(=O)Nc3ccccn3)CC2)C1. The number of nitrogens with zero attached hydrogens (tertiary/aromatic N) is 4. The van der Waals surface area contributed by atoms with Crippen LogP contribution in [0.5, 0.6) is 0 Å². The monoisotopic (exact) mass is 449 g/mol. The Morgan fingerprint density at radius 2 is 1.79 bits per heavy atom. The first-order chi connectivity index (χ1) is 16.1. The molecule has 1 aromatic carbocycles. The quantitative estimate of drug-likeness (QED) is 0.680. The maximum Gasteiger partial charge on any atom is 0.354 e. The minimum Gasteiger partial charge on any atom is -0.461 e. The standard InChI is InChI=1S/C24H27N5O4/c1-2-33-24(32)19-16-20(29(27-19)18-8-4-3-5-9-18)23(31)28-14-11-17(12-15-28)22(30)26-21-10-6-7-13-25-21/h3-10,13,17,20H,2,11-12,14-16H2,1H3,(H,25,26,30). The van der Waals surface area contributed by atoms with Crippen LogP contribution in [-0.2, 0) is 19.1 Å². The highest BCUT2D eigenvalue weighted by molar-refractivity contribution is 6.38. The Morgan fingerprint density at radius 3 is 2.45 bits per heavy atom. The topological polar surface area (TPSA) is 104 Å². The molecule has 0 spiro atoms. The molecule has 0 radical (unpaired) electrons. The highest BCUT2D eigenvalue weighted by Gasteiger charge is 2.40. The number of amides is 2. The summed E-state index contributed by atoms with van der Waals surface area (Å²) in [5.74, 6) is -0.352. The van der Waals surface area contributed by atoms with Crippen molar-refractivity contribution in [1.82, 2.24) is 9.88 Å². The van der Waals surface area contributed by atoms with Gasteiger partial charge in [-0.05, 0) is 44.0 Å². The van der Waals surface area contributed by atoms with E-state index in [1.807, 2.05) is 36.4 Å². The molecule has 0 saturated carbocycles. The van der Waals surface area contributed by atoms with Gasteiger partial charge in [-0.25, -0.2) is 9.78 Å². The summed E-state index contributed by atoms with van der Waals surface area (Å²) in [6.07, 6.45) is 2.94. The first kappa shape index (κ1) is 22.4. The number of pyridine rings is 1. The van der Waals surface area contributed by atoms with Crippen molar-refractivity contribution in [3.05, 3.63) is 54.7 Å². The number of carbonyl (C=O) groups excluding carboxylic acids is 3. The van der Waals surface area contributed by atoms with Crippen molar-refractivity contribution >= 4 is 35.0 Å². The van der Waals surface area contributed by atoms with Gasteiger partial charge in [-0.1, -0.05) is 24.3 Å². The summed E-state index contributed by atoms with van der Waals surface area (Å²) >= 11 is 0. The molecule has 9 nitrogen and oxygen atoms in total. The van der Waals surface area contributed by atoms with Gasteiger partial charge >= 0.3 is 5.97 Å². The molecule has 0 aliphatic carbocycles. The van der Waals surface area contributed by atoms with Gasteiger partial charge in [0.05, 0.1) is 12.3 Å². The zero-order valence-corrected chi connectivity index (χ0v) is 18.5. The lowest BCUT2D eigenvalue weighted by Gasteiger charge is -2.34. The van der Waals surface area contributed by atoms with Gasteiger partial charge in [-0.15, -0.1) is 0 Å². The average Bonchev–Trinajstić information content (AvgIpc) is 3.31. The molecule has 4 rings (SSSR count). The van der Waals surface area contributed by atoms with Crippen molar-refractivity contribution in [2.45, 2.75) is 32.2 Å². The third-order valence-electron chi connectivity index (χ3n) is 5.82. The number of anilines is 2. The summed E-state index contributed by atoms with van der Waals surface area (Å²) in [5, 5.41) is 8.86. The van der Waals surface area contributed by atoms with E-state index in [0.717, 1.165) is 5.69 Å². The van der Waals surface area contributed by atoms with Gasteiger partial charge in [0.25, 0.3) is 0 Å². The first-order valence-electron chi connectivity index (χ1n) is 11.2. The molecule has 1 aromatic heterocycles. The van der Waals surface area contributed by atoms with Crippen LogP contribution in [0.3, 0.4) is 0 Å². The van der Waals surface area contributed by atoms with Gasteiger partial charge in [0, 0.05) is 31.6 Å². The summed E-state index contributed by atoms with van der Waals surface area (Å²) in [4.78, 5) is 44.2. The Balaban J connectivity index is 1.40. The Labute approximate surface area is 192 Å². The molecule has 0 bridgehead atoms. The van der Waals surface area contributed by atoms with Crippen molar-refractivity contribution in [3.63, 3.8) is 0 Å². The summed E-state index contributed by atoms with van der Waals surface area (Å²) in [6, 6.07) is 14.0. The van der Waals surface area contributed by atoms with E-state index in [-0.39, 0.29) is 36.5 Å². The lowest BCUT2D eigenvalue weighted by Crippen LogP contribution is -2.49. The maximum atomic E-state index is 13.4. The van der Waals surface area contributed by atoms with Crippen molar-refractivity contribution in [3.8, 4) is 0 Å². The first-order valence-corrected chi connectivity index (χ1v) is 11.2. The molecular weight excluding hydrogens is 422 g/mol. The Bertz CT molecular complexity index is 1020. The predicted octanol–water partition coefficient (Wildman–Crippen LogP) is 2.46. The van der Waals surface area contributed by atoms with Crippen LogP contribution in [0.1, 0.15) is 26.2 Å². The lowest BCUT2D eigenvalue weighted by molar-refractivity contribution is -0.135. The van der Waals surface area contributed by atoms with Gasteiger partial charge < -0.3 is 15.0 Å². The van der Waals surface area contributed by atoms with E-state index in [4.69, 9.17) is 4.74 Å². The largest absolute Gasteiger partial charge is 0.461 e. The molecule has 1 fully saturated rings. The minimum atomic E-state index is -0.620. The number of rotatable bonds is 6. The molecule has 172 valence electrons. The molecule has 2 aliphatic heterocycles. The number of nitrogens with one attached hydrogen (secondary N) is 1. The number of benzene rings is 1. The number of hydrogen-bond donors (Lipinski definition) is 1. The molecule has 33 heavy (non-hydrogen) atoms. The summed E-state index contributed by atoms with van der Waals surface area (Å²) in [6.45, 7) is 2.91. The number of aromatic nitrogens is 1. The van der Waals surface area contributed by atoms with Crippen molar-refractivity contribution in [2.24, 2.45) is 11.0 Å². The molecule has 1 unspecified atom stereocenters. The van der Waals surface area contributed by atoms with E-state index in [1.54, 1.807) is 35.2 Å². The lowest BCUT2D eigenvalue weighted by atomic mass is 9.95. The molecule has 1 atom stereocenters. The Morgan fingerprint density at radius 1 is 1.06 bits per heavy atom. The van der Waals surface area contributed by atoms with Crippen LogP contribution < -0.4 is 10.3 Å². The van der Waals surface area contributed by atoms with E-state index in [2.05, 4.69) is 15.4 Å². The number of esters is 1. The van der Waals surface area contributed by atoms with E-state index in [0.29, 0.717) is 31.7 Å². The second-order valence-electron chi connectivity index (χ2n) is 7.97. The highest BCUT2D eigenvalue weighted by atomic mass is 16.5. The minimum absolute atomic E-state index is 0.0829. The fourth-order valence-electron chi connectivity index (χ4n) is 4.10. The van der Waals surface area contributed by atoms with Crippen LogP contribution in [0.25, 0.3) is 0 Å². The van der Waals surface area contributed by atoms with E-state index in [1.165, 1.54) is 0 Å². The molecule has 1 saturated heterocycles. The van der Waals surface area contributed by atoms with Crippen LogP contribution >= 0.6 is 0 Å². The number of para-hydroxylation sites is 1. The van der Waals surface area contributed by atoms with Crippen molar-refractivity contribution < 1.29 is 19.1 Å². The number of likely N-dealkylation sites (tertiary alicyclic amines) is 1. The number of carbonyl (C=O) groups is 3. The zero-order chi connectivity index (χ0) is 23.2. The Kier molecular flexibility index (Phi) is 6.97. The van der Waals surface area contributed by atoms with Crippen LogP contribution in [0.2, 0.25) is 0 Å². The molecule has 9 heteroatoms. The van der Waals surface area contributed by atoms with Crippen LogP contribution in [0.15, 0.2) is 59.8 Å². The number of hydrogen-bond acceptors (Lipinski definition) is 7. The van der Waals surface area contributed by atoms with Crippen molar-refractivity contribution in [1.29, 1.82) is 0 Å². The smallest absolute Gasteiger partial charge is 0.354 e. The third-order valence-corrected chi connectivity index (χ3v) is 5.82.